The van der Waals surface area contributed by atoms with E-state index in [1.165, 1.54) is 10.6 Å². The van der Waals surface area contributed by atoms with E-state index < -0.39 is 11.5 Å². The highest BCUT2D eigenvalue weighted by Gasteiger charge is 2.34. The van der Waals surface area contributed by atoms with E-state index in [4.69, 9.17) is 4.98 Å². The number of fused-ring (bicyclic) bond motifs is 1. The number of aromatic nitrogens is 4. The number of anilines is 1. The molecular formula is C33H34FN7O2. The van der Waals surface area contributed by atoms with Gasteiger partial charge in [0.05, 0.1) is 28.0 Å². The van der Waals surface area contributed by atoms with Crippen LogP contribution in [-0.4, -0.2) is 55.5 Å². The summed E-state index contributed by atoms with van der Waals surface area (Å²) in [6.07, 6.45) is 3.00. The quantitative estimate of drug-likeness (QED) is 0.299. The second-order valence-electron chi connectivity index (χ2n) is 11.4. The van der Waals surface area contributed by atoms with Gasteiger partial charge in [-0.05, 0) is 69.0 Å². The largest absolute Gasteiger partial charge is 0.355 e. The molecule has 3 aromatic heterocycles. The Morgan fingerprint density at radius 3 is 2.56 bits per heavy atom. The van der Waals surface area contributed by atoms with Crippen molar-refractivity contribution < 1.29 is 9.18 Å². The van der Waals surface area contributed by atoms with Crippen molar-refractivity contribution in [1.29, 1.82) is 5.26 Å². The molecule has 9 nitrogen and oxygen atoms in total. The number of nitrogens with zero attached hydrogens (tertiary/aromatic N) is 7. The van der Waals surface area contributed by atoms with Gasteiger partial charge in [-0.25, -0.2) is 18.7 Å². The predicted molar refractivity (Wildman–Crippen MR) is 165 cm³/mol. The Morgan fingerprint density at radius 1 is 1.14 bits per heavy atom. The monoisotopic (exact) mass is 579 g/mol. The van der Waals surface area contributed by atoms with Crippen molar-refractivity contribution in [2.45, 2.75) is 59.5 Å². The van der Waals surface area contributed by atoms with Crippen LogP contribution in [-0.2, 0) is 4.79 Å². The number of carbonyl (C=O) groups is 1. The first kappa shape index (κ1) is 29.6. The third kappa shape index (κ3) is 5.05. The Balaban J connectivity index is 1.87. The number of pyridine rings is 2. The van der Waals surface area contributed by atoms with E-state index >= 15 is 4.39 Å². The molecule has 1 aliphatic rings. The molecule has 220 valence electrons. The second-order valence-corrected chi connectivity index (χ2v) is 11.4. The molecule has 5 rings (SSSR count). The van der Waals surface area contributed by atoms with Gasteiger partial charge in [-0.1, -0.05) is 32.6 Å². The number of amides is 1. The molecule has 4 aromatic rings. The van der Waals surface area contributed by atoms with Crippen LogP contribution in [0.15, 0.2) is 54.0 Å². The molecule has 2 atom stereocenters. The number of benzene rings is 1. The van der Waals surface area contributed by atoms with E-state index in [9.17, 15) is 14.9 Å². The Labute approximate surface area is 249 Å². The van der Waals surface area contributed by atoms with E-state index in [1.54, 1.807) is 42.3 Å². The highest BCUT2D eigenvalue weighted by atomic mass is 19.1. The number of halogens is 1. The zero-order valence-electron chi connectivity index (χ0n) is 25.2. The van der Waals surface area contributed by atoms with Crippen LogP contribution in [0.4, 0.5) is 10.2 Å². The van der Waals surface area contributed by atoms with Crippen LogP contribution in [0.5, 0.6) is 0 Å². The molecule has 10 heteroatoms. The minimum absolute atomic E-state index is 0.0278. The Morgan fingerprint density at radius 2 is 1.88 bits per heavy atom. The molecule has 43 heavy (non-hydrogen) atoms. The van der Waals surface area contributed by atoms with Gasteiger partial charge in [0, 0.05) is 36.9 Å². The van der Waals surface area contributed by atoms with E-state index in [1.807, 2.05) is 45.6 Å². The van der Waals surface area contributed by atoms with Gasteiger partial charge in [-0.2, -0.15) is 10.2 Å². The van der Waals surface area contributed by atoms with Gasteiger partial charge in [-0.3, -0.25) is 9.78 Å². The number of piperazine rings is 1. The number of hydrogen-bond acceptors (Lipinski definition) is 7. The number of hydrogen-bond donors (Lipinski definition) is 0. The molecule has 1 fully saturated rings. The second kappa shape index (κ2) is 11.4. The van der Waals surface area contributed by atoms with Crippen molar-refractivity contribution in [1.82, 2.24) is 24.4 Å². The molecule has 0 radical (unpaired) electrons. The summed E-state index contributed by atoms with van der Waals surface area (Å²) in [7, 11) is 0. The summed E-state index contributed by atoms with van der Waals surface area (Å²) < 4.78 is 16.9. The molecule has 0 unspecified atom stereocenters. The molecule has 1 amide bonds. The van der Waals surface area contributed by atoms with Crippen molar-refractivity contribution in [3.63, 3.8) is 0 Å². The fourth-order valence-electron chi connectivity index (χ4n) is 5.80. The molecule has 1 aliphatic heterocycles. The highest BCUT2D eigenvalue weighted by molar-refractivity contribution is 5.93. The first-order valence-corrected chi connectivity index (χ1v) is 14.3. The Hall–Kier alpha value is -4.91. The summed E-state index contributed by atoms with van der Waals surface area (Å²) in [4.78, 5) is 44.4. The fraction of sp³-hybridized carbons (Fsp3) is 0.333. The van der Waals surface area contributed by atoms with Crippen LogP contribution < -0.4 is 10.6 Å². The smallest absolute Gasteiger partial charge is 0.349 e. The van der Waals surface area contributed by atoms with Crippen molar-refractivity contribution in [2.75, 3.05) is 18.0 Å². The first-order valence-electron chi connectivity index (χ1n) is 14.3. The maximum atomic E-state index is 15.4. The summed E-state index contributed by atoms with van der Waals surface area (Å²) in [5, 5.41) is 10.7. The minimum atomic E-state index is -0.571. The lowest BCUT2D eigenvalue weighted by atomic mass is 10.0. The number of rotatable bonds is 5. The molecule has 4 heterocycles. The van der Waals surface area contributed by atoms with Crippen molar-refractivity contribution in [3.8, 4) is 23.0 Å². The van der Waals surface area contributed by atoms with Crippen LogP contribution in [0, 0.1) is 31.0 Å². The van der Waals surface area contributed by atoms with Crippen molar-refractivity contribution in [3.05, 3.63) is 87.9 Å². The summed E-state index contributed by atoms with van der Waals surface area (Å²) >= 11 is 0. The molecule has 0 saturated carbocycles. The van der Waals surface area contributed by atoms with Crippen LogP contribution in [0.25, 0.3) is 28.0 Å². The molecule has 0 aliphatic carbocycles. The summed E-state index contributed by atoms with van der Waals surface area (Å²) in [5.74, 6) is -0.326. The van der Waals surface area contributed by atoms with E-state index in [2.05, 4.69) is 22.6 Å². The standard InChI is InChI=1S/C33H34FN7O2/c1-8-26(42)39-16-22(7)40(17-21(39)6)31-25-14-23(15-35)29(24-11-9-10-19(4)27(24)34)37-32(25)41(33(43)38-31)30-20(5)12-13-36-28(30)18(2)3/h8-14,18,21-22H,1,16-17H2,2-7H3/t21-,22+/m1/s1. The summed E-state index contributed by atoms with van der Waals surface area (Å²) in [6, 6.07) is 10.2. The van der Waals surface area contributed by atoms with Crippen LogP contribution in [0.1, 0.15) is 56.0 Å². The molecule has 0 bridgehead atoms. The molecule has 1 saturated heterocycles. The lowest BCUT2D eigenvalue weighted by Gasteiger charge is -2.44. The van der Waals surface area contributed by atoms with E-state index in [0.717, 1.165) is 5.56 Å². The Bertz CT molecular complexity index is 1870. The summed E-state index contributed by atoms with van der Waals surface area (Å²) in [6.45, 7) is 15.8. The average molecular weight is 580 g/mol. The van der Waals surface area contributed by atoms with Crippen molar-refractivity contribution in [2.24, 2.45) is 0 Å². The molecule has 1 aromatic carbocycles. The predicted octanol–water partition coefficient (Wildman–Crippen LogP) is 5.21. The maximum Gasteiger partial charge on any atom is 0.355 e. The fourth-order valence-corrected chi connectivity index (χ4v) is 5.80. The molecule has 0 N–H and O–H groups in total. The SMILES string of the molecule is C=CC(=O)N1C[C@H](C)N(c2nc(=O)n(-c3c(C)ccnc3C(C)C)c3nc(-c4cccc(C)c4F)c(C#N)cc23)C[C@H]1C. The first-order chi connectivity index (χ1) is 20.5. The lowest BCUT2D eigenvalue weighted by Crippen LogP contribution is -2.58. The van der Waals surface area contributed by atoms with E-state index in [-0.39, 0.29) is 46.4 Å². The van der Waals surface area contributed by atoms with Gasteiger partial charge < -0.3 is 9.80 Å². The third-order valence-electron chi connectivity index (χ3n) is 8.06. The van der Waals surface area contributed by atoms with Gasteiger partial charge in [0.15, 0.2) is 5.65 Å². The normalized spacial score (nSPS) is 16.9. The van der Waals surface area contributed by atoms with Gasteiger partial charge in [-0.15, -0.1) is 0 Å². The number of aryl methyl sites for hydroxylation is 2. The lowest BCUT2D eigenvalue weighted by molar-refractivity contribution is -0.128. The molecule has 0 spiro atoms. The summed E-state index contributed by atoms with van der Waals surface area (Å²) in [5.41, 5.74) is 2.58. The third-order valence-corrected chi connectivity index (χ3v) is 8.06. The van der Waals surface area contributed by atoms with E-state index in [0.29, 0.717) is 41.2 Å². The van der Waals surface area contributed by atoms with Gasteiger partial charge in [0.25, 0.3) is 0 Å². The zero-order chi connectivity index (χ0) is 31.2. The van der Waals surface area contributed by atoms with Gasteiger partial charge in [0.2, 0.25) is 5.91 Å². The maximum absolute atomic E-state index is 15.4. The van der Waals surface area contributed by atoms with Crippen LogP contribution in [0.2, 0.25) is 0 Å². The van der Waals surface area contributed by atoms with Crippen molar-refractivity contribution >= 4 is 22.8 Å². The number of nitriles is 1. The number of carbonyl (C=O) groups excluding carboxylic acids is 1. The van der Waals surface area contributed by atoms with Gasteiger partial charge >= 0.3 is 5.69 Å². The minimum Gasteiger partial charge on any atom is -0.349 e. The Kier molecular flexibility index (Phi) is 7.84. The zero-order valence-corrected chi connectivity index (χ0v) is 25.2. The molecular weight excluding hydrogens is 545 g/mol. The van der Waals surface area contributed by atoms with Gasteiger partial charge in [0.1, 0.15) is 17.7 Å². The average Bonchev–Trinajstić information content (AvgIpc) is 2.98. The topological polar surface area (TPSA) is 108 Å². The highest BCUT2D eigenvalue weighted by Crippen LogP contribution is 2.35. The van der Waals surface area contributed by atoms with Crippen LogP contribution >= 0.6 is 0 Å². The van der Waals surface area contributed by atoms with Crippen LogP contribution in [0.3, 0.4) is 0 Å².